The van der Waals surface area contributed by atoms with Gasteiger partial charge < -0.3 is 0 Å². The molecule has 0 saturated heterocycles. The maximum atomic E-state index is 11.4. The Morgan fingerprint density at radius 1 is 1.56 bits per heavy atom. The van der Waals surface area contributed by atoms with Crippen LogP contribution >= 0.6 is 34.2 Å². The van der Waals surface area contributed by atoms with Crippen molar-refractivity contribution in [3.8, 4) is 0 Å². The first-order chi connectivity index (χ1) is 7.51. The summed E-state index contributed by atoms with van der Waals surface area (Å²) in [6, 6.07) is 2.38. The summed E-state index contributed by atoms with van der Waals surface area (Å²) >= 11 is 7.17. The summed E-state index contributed by atoms with van der Waals surface area (Å²) in [6.07, 6.45) is 0.346. The minimum absolute atomic E-state index is 0.126. The van der Waals surface area contributed by atoms with Crippen LogP contribution in [0.3, 0.4) is 0 Å². The molecule has 0 aromatic heterocycles. The maximum Gasteiger partial charge on any atom is 0.280 e. The van der Waals surface area contributed by atoms with E-state index in [9.17, 15) is 19.7 Å². The zero-order chi connectivity index (χ0) is 12.3. The Hall–Kier alpha value is -1.02. The van der Waals surface area contributed by atoms with E-state index in [1.807, 2.05) is 0 Å². The summed E-state index contributed by atoms with van der Waals surface area (Å²) in [5.74, 6) is -0.601. The van der Waals surface area contributed by atoms with Crippen LogP contribution < -0.4 is 0 Å². The van der Waals surface area contributed by atoms with Crippen molar-refractivity contribution in [2.24, 2.45) is 0 Å². The van der Waals surface area contributed by atoms with E-state index in [0.29, 0.717) is 9.86 Å². The SMILES string of the molecule is O=Cc1cc(C(=O)CCl)c(I)cc1[N+](=O)[O-]. The Morgan fingerprint density at radius 2 is 2.19 bits per heavy atom. The van der Waals surface area contributed by atoms with Gasteiger partial charge in [-0.3, -0.25) is 19.7 Å². The topological polar surface area (TPSA) is 77.3 Å². The maximum absolute atomic E-state index is 11.4. The third-order valence-corrected chi connectivity index (χ3v) is 3.00. The van der Waals surface area contributed by atoms with Crippen molar-refractivity contribution >= 4 is 51.9 Å². The molecule has 0 unspecified atom stereocenters. The van der Waals surface area contributed by atoms with Crippen LogP contribution in [0, 0.1) is 13.7 Å². The second-order valence-corrected chi connectivity index (χ2v) is 4.25. The molecule has 16 heavy (non-hydrogen) atoms. The van der Waals surface area contributed by atoms with Crippen molar-refractivity contribution in [1.29, 1.82) is 0 Å². The van der Waals surface area contributed by atoms with Gasteiger partial charge >= 0.3 is 0 Å². The van der Waals surface area contributed by atoms with Crippen molar-refractivity contribution in [2.75, 3.05) is 5.88 Å². The average Bonchev–Trinajstić information content (AvgIpc) is 2.27. The molecule has 5 nitrogen and oxygen atoms in total. The van der Waals surface area contributed by atoms with Gasteiger partial charge in [0.25, 0.3) is 5.69 Å². The highest BCUT2D eigenvalue weighted by Gasteiger charge is 2.19. The van der Waals surface area contributed by atoms with E-state index >= 15 is 0 Å². The van der Waals surface area contributed by atoms with Crippen molar-refractivity contribution in [3.05, 3.63) is 36.9 Å². The Kier molecular flexibility index (Phi) is 4.36. The standard InChI is InChI=1S/C9H5ClINO4/c10-3-9(14)6-1-5(4-13)8(12(15)16)2-7(6)11/h1-2,4H,3H2. The smallest absolute Gasteiger partial charge is 0.280 e. The second-order valence-electron chi connectivity index (χ2n) is 2.82. The summed E-state index contributed by atoms with van der Waals surface area (Å²) in [4.78, 5) is 32.0. The number of carbonyl (C=O) groups excluding carboxylic acids is 2. The Labute approximate surface area is 109 Å². The highest BCUT2D eigenvalue weighted by Crippen LogP contribution is 2.24. The van der Waals surface area contributed by atoms with Crippen LogP contribution in [0.4, 0.5) is 5.69 Å². The lowest BCUT2D eigenvalue weighted by Gasteiger charge is -2.03. The number of carbonyl (C=O) groups is 2. The van der Waals surface area contributed by atoms with Crippen LogP contribution in [0.5, 0.6) is 0 Å². The van der Waals surface area contributed by atoms with Crippen molar-refractivity contribution in [3.63, 3.8) is 0 Å². The van der Waals surface area contributed by atoms with Crippen LogP contribution in [0.2, 0.25) is 0 Å². The number of alkyl halides is 1. The highest BCUT2D eigenvalue weighted by molar-refractivity contribution is 14.1. The Morgan fingerprint density at radius 3 is 2.62 bits per heavy atom. The molecule has 0 radical (unpaired) electrons. The molecule has 0 atom stereocenters. The van der Waals surface area contributed by atoms with Gasteiger partial charge in [0, 0.05) is 15.2 Å². The van der Waals surface area contributed by atoms with Crippen LogP contribution in [0.15, 0.2) is 12.1 Å². The molecule has 7 heteroatoms. The van der Waals surface area contributed by atoms with Crippen molar-refractivity contribution in [1.82, 2.24) is 0 Å². The third-order valence-electron chi connectivity index (χ3n) is 1.86. The van der Waals surface area contributed by atoms with E-state index in [1.165, 1.54) is 12.1 Å². The number of Topliss-reactive ketones (excluding diaryl/α,β-unsaturated/α-hetero) is 1. The fourth-order valence-corrected chi connectivity index (χ4v) is 2.01. The number of rotatable bonds is 4. The Bertz CT molecular complexity index is 475. The number of nitro benzene ring substituents is 1. The van der Waals surface area contributed by atoms with E-state index in [2.05, 4.69) is 0 Å². The van der Waals surface area contributed by atoms with Gasteiger partial charge in [0.2, 0.25) is 0 Å². The number of aldehydes is 1. The van der Waals surface area contributed by atoms with Crippen LogP contribution in [0.1, 0.15) is 20.7 Å². The quantitative estimate of drug-likeness (QED) is 0.208. The lowest BCUT2D eigenvalue weighted by Crippen LogP contribution is -2.06. The average molecular weight is 353 g/mol. The van der Waals surface area contributed by atoms with E-state index in [0.717, 1.165) is 0 Å². The van der Waals surface area contributed by atoms with Crippen molar-refractivity contribution in [2.45, 2.75) is 0 Å². The molecular formula is C9H5ClINO4. The Balaban J connectivity index is 3.42. The molecule has 84 valence electrons. The number of hydrogen-bond acceptors (Lipinski definition) is 4. The minimum atomic E-state index is -0.666. The first kappa shape index (κ1) is 13.0. The molecule has 0 amide bonds. The molecule has 0 heterocycles. The predicted octanol–water partition coefficient (Wildman–Crippen LogP) is 2.43. The number of nitro groups is 1. The number of benzene rings is 1. The zero-order valence-electron chi connectivity index (χ0n) is 7.78. The molecule has 0 N–H and O–H groups in total. The first-order valence-corrected chi connectivity index (χ1v) is 5.65. The molecule has 1 rings (SSSR count). The zero-order valence-corrected chi connectivity index (χ0v) is 10.7. The summed E-state index contributed by atoms with van der Waals surface area (Å²) in [6.45, 7) is 0. The number of ketones is 1. The van der Waals surface area contributed by atoms with Gasteiger partial charge in [0.15, 0.2) is 12.1 Å². The third kappa shape index (κ3) is 2.56. The van der Waals surface area contributed by atoms with Gasteiger partial charge in [0.1, 0.15) is 0 Å². The summed E-state index contributed by atoms with van der Waals surface area (Å²) in [5, 5.41) is 10.6. The number of halogens is 2. The van der Waals surface area contributed by atoms with Gasteiger partial charge in [-0.1, -0.05) is 0 Å². The van der Waals surface area contributed by atoms with Gasteiger partial charge in [-0.15, -0.1) is 11.6 Å². The fourth-order valence-electron chi connectivity index (χ4n) is 1.12. The molecule has 0 aliphatic heterocycles. The van der Waals surface area contributed by atoms with Gasteiger partial charge in [-0.25, -0.2) is 0 Å². The molecule has 1 aromatic carbocycles. The molecule has 0 saturated carbocycles. The van der Waals surface area contributed by atoms with Crippen molar-refractivity contribution < 1.29 is 14.5 Å². The minimum Gasteiger partial charge on any atom is -0.298 e. The monoisotopic (exact) mass is 353 g/mol. The fraction of sp³-hybridized carbons (Fsp3) is 0.111. The number of nitrogens with zero attached hydrogens (tertiary/aromatic N) is 1. The second kappa shape index (κ2) is 5.35. The largest absolute Gasteiger partial charge is 0.298 e. The summed E-state index contributed by atoms with van der Waals surface area (Å²) in [5.41, 5.74) is -0.215. The normalized spacial score (nSPS) is 9.88. The highest BCUT2D eigenvalue weighted by atomic mass is 127. The van der Waals surface area contributed by atoms with Gasteiger partial charge in [-0.2, -0.15) is 0 Å². The first-order valence-electron chi connectivity index (χ1n) is 4.03. The van der Waals surface area contributed by atoms with E-state index in [-0.39, 0.29) is 28.5 Å². The molecule has 0 aliphatic carbocycles. The van der Waals surface area contributed by atoms with Gasteiger partial charge in [0.05, 0.1) is 16.4 Å². The lowest BCUT2D eigenvalue weighted by atomic mass is 10.1. The number of hydrogen-bond donors (Lipinski definition) is 0. The van der Waals surface area contributed by atoms with Crippen LogP contribution in [-0.4, -0.2) is 22.9 Å². The van der Waals surface area contributed by atoms with Crippen LogP contribution in [0.25, 0.3) is 0 Å². The molecule has 0 bridgehead atoms. The van der Waals surface area contributed by atoms with E-state index in [1.54, 1.807) is 22.6 Å². The van der Waals surface area contributed by atoms with E-state index < -0.39 is 4.92 Å². The summed E-state index contributed by atoms with van der Waals surface area (Å²) < 4.78 is 0.403. The predicted molar refractivity (Wildman–Crippen MR) is 66.3 cm³/mol. The molecule has 0 aliphatic rings. The molecule has 0 fully saturated rings. The molecule has 1 aromatic rings. The van der Waals surface area contributed by atoms with Gasteiger partial charge in [-0.05, 0) is 28.7 Å². The summed E-state index contributed by atoms with van der Waals surface area (Å²) in [7, 11) is 0. The van der Waals surface area contributed by atoms with Crippen LogP contribution in [-0.2, 0) is 0 Å². The molecule has 0 spiro atoms. The lowest BCUT2D eigenvalue weighted by molar-refractivity contribution is -0.385. The molecular weight excluding hydrogens is 348 g/mol. The van der Waals surface area contributed by atoms with E-state index in [4.69, 9.17) is 11.6 Å².